The highest BCUT2D eigenvalue weighted by Gasteiger charge is 1.94. The molecule has 1 heteroatoms. The summed E-state index contributed by atoms with van der Waals surface area (Å²) in [6.45, 7) is 9.17. The van der Waals surface area contributed by atoms with E-state index in [9.17, 15) is 0 Å². The highest BCUT2D eigenvalue weighted by Crippen LogP contribution is 2.07. The van der Waals surface area contributed by atoms with E-state index in [0.717, 1.165) is 24.8 Å². The van der Waals surface area contributed by atoms with Crippen molar-refractivity contribution < 1.29 is 5.11 Å². The van der Waals surface area contributed by atoms with Crippen LogP contribution in [0, 0.1) is 0 Å². The fourth-order valence-corrected chi connectivity index (χ4v) is 0.727. The van der Waals surface area contributed by atoms with Crippen LogP contribution in [0.4, 0.5) is 0 Å². The van der Waals surface area contributed by atoms with Crippen molar-refractivity contribution in [2.45, 2.75) is 32.3 Å². The summed E-state index contributed by atoms with van der Waals surface area (Å²) in [5, 5.41) is 8.88. The smallest absolute Gasteiger partial charge is 0.0512 e. The summed E-state index contributed by atoms with van der Waals surface area (Å²) >= 11 is 0. The molecule has 0 amide bonds. The molecule has 0 fully saturated rings. The minimum atomic E-state index is -0.183. The van der Waals surface area contributed by atoms with Gasteiger partial charge >= 0.3 is 0 Å². The van der Waals surface area contributed by atoms with Crippen LogP contribution in [0.15, 0.2) is 24.8 Å². The molecule has 1 unspecified atom stereocenters. The van der Waals surface area contributed by atoms with Gasteiger partial charge in [-0.3, -0.25) is 0 Å². The molecule has 0 spiro atoms. The third-order valence-corrected chi connectivity index (χ3v) is 1.41. The lowest BCUT2D eigenvalue weighted by Gasteiger charge is -2.02. The van der Waals surface area contributed by atoms with Crippen molar-refractivity contribution in [2.75, 3.05) is 0 Å². The van der Waals surface area contributed by atoms with Gasteiger partial charge in [-0.05, 0) is 26.2 Å². The maximum absolute atomic E-state index is 8.88. The molecule has 1 N–H and O–H groups in total. The molecule has 10 heavy (non-hydrogen) atoms. The number of hydrogen-bond donors (Lipinski definition) is 1. The van der Waals surface area contributed by atoms with E-state index in [4.69, 9.17) is 5.11 Å². The van der Waals surface area contributed by atoms with Crippen LogP contribution < -0.4 is 0 Å². The second-order valence-electron chi connectivity index (χ2n) is 2.60. The van der Waals surface area contributed by atoms with Crippen LogP contribution in [0.2, 0.25) is 0 Å². The molecule has 0 aromatic carbocycles. The van der Waals surface area contributed by atoms with Gasteiger partial charge in [0.2, 0.25) is 0 Å². The van der Waals surface area contributed by atoms with Gasteiger partial charge < -0.3 is 5.11 Å². The number of hydrogen-bond acceptors (Lipinski definition) is 1. The molecule has 58 valence electrons. The zero-order chi connectivity index (χ0) is 7.98. The van der Waals surface area contributed by atoms with E-state index in [1.807, 2.05) is 0 Å². The van der Waals surface area contributed by atoms with Gasteiger partial charge in [-0.15, -0.1) is 0 Å². The molecule has 0 bridgehead atoms. The van der Waals surface area contributed by atoms with Gasteiger partial charge in [0.15, 0.2) is 0 Å². The van der Waals surface area contributed by atoms with Crippen LogP contribution in [-0.4, -0.2) is 11.2 Å². The van der Waals surface area contributed by atoms with Crippen LogP contribution in [0.5, 0.6) is 0 Å². The Morgan fingerprint density at radius 1 is 1.70 bits per heavy atom. The van der Waals surface area contributed by atoms with E-state index < -0.39 is 0 Å². The lowest BCUT2D eigenvalue weighted by molar-refractivity contribution is 0.182. The monoisotopic (exact) mass is 140 g/mol. The van der Waals surface area contributed by atoms with E-state index in [1.54, 1.807) is 13.0 Å². The first-order chi connectivity index (χ1) is 4.66. The summed E-state index contributed by atoms with van der Waals surface area (Å²) < 4.78 is 0. The van der Waals surface area contributed by atoms with Gasteiger partial charge in [-0.2, -0.15) is 0 Å². The topological polar surface area (TPSA) is 20.2 Å². The van der Waals surface area contributed by atoms with Gasteiger partial charge in [0.05, 0.1) is 6.10 Å². The Bertz CT molecular complexity index is 114. The normalized spacial score (nSPS) is 12.6. The first-order valence-electron chi connectivity index (χ1n) is 3.65. The number of aliphatic hydroxyl groups excluding tert-OH is 1. The molecule has 0 aliphatic heterocycles. The predicted molar refractivity (Wildman–Crippen MR) is 44.9 cm³/mol. The van der Waals surface area contributed by atoms with Crippen molar-refractivity contribution >= 4 is 0 Å². The van der Waals surface area contributed by atoms with Gasteiger partial charge in [0.1, 0.15) is 0 Å². The molecule has 1 nitrogen and oxygen atoms in total. The third kappa shape index (κ3) is 5.57. The number of aliphatic hydroxyl groups is 1. The second-order valence-corrected chi connectivity index (χ2v) is 2.60. The molecule has 0 aliphatic rings. The van der Waals surface area contributed by atoms with E-state index in [1.165, 1.54) is 0 Å². The number of rotatable bonds is 5. The maximum Gasteiger partial charge on any atom is 0.0512 e. The Kier molecular flexibility index (Phi) is 4.95. The molecule has 0 saturated carbocycles. The minimum absolute atomic E-state index is 0.183. The summed E-state index contributed by atoms with van der Waals surface area (Å²) in [6.07, 6.45) is 4.39. The Morgan fingerprint density at radius 2 is 2.30 bits per heavy atom. The SMILES string of the molecule is C=CC(=C)CCCC(C)O. The largest absolute Gasteiger partial charge is 0.393 e. The van der Waals surface area contributed by atoms with Crippen molar-refractivity contribution in [3.63, 3.8) is 0 Å². The number of allylic oxidation sites excluding steroid dienone is 2. The van der Waals surface area contributed by atoms with Gasteiger partial charge in [0.25, 0.3) is 0 Å². The van der Waals surface area contributed by atoms with Crippen LogP contribution in [-0.2, 0) is 0 Å². The summed E-state index contributed by atoms with van der Waals surface area (Å²) in [5.74, 6) is 0. The average molecular weight is 140 g/mol. The molecule has 0 rings (SSSR count). The Balaban J connectivity index is 3.19. The standard InChI is InChI=1S/C9H16O/c1-4-8(2)6-5-7-9(3)10/h4,9-10H,1-2,5-7H2,3H3. The second kappa shape index (κ2) is 5.24. The molecule has 0 aromatic rings. The van der Waals surface area contributed by atoms with Gasteiger partial charge in [-0.1, -0.05) is 24.8 Å². The zero-order valence-electron chi connectivity index (χ0n) is 6.64. The zero-order valence-corrected chi connectivity index (χ0v) is 6.64. The maximum atomic E-state index is 8.88. The molecular weight excluding hydrogens is 124 g/mol. The average Bonchev–Trinajstić information content (AvgIpc) is 1.87. The lowest BCUT2D eigenvalue weighted by Crippen LogP contribution is -1.98. The summed E-state index contributed by atoms with van der Waals surface area (Å²) in [6, 6.07) is 0. The summed E-state index contributed by atoms with van der Waals surface area (Å²) in [7, 11) is 0. The molecular formula is C9H16O. The van der Waals surface area contributed by atoms with Crippen molar-refractivity contribution in [1.29, 1.82) is 0 Å². The van der Waals surface area contributed by atoms with E-state index in [0.29, 0.717) is 0 Å². The molecule has 0 saturated heterocycles. The molecule has 0 heterocycles. The third-order valence-electron chi connectivity index (χ3n) is 1.41. The highest BCUT2D eigenvalue weighted by molar-refractivity contribution is 5.10. The fourth-order valence-electron chi connectivity index (χ4n) is 0.727. The van der Waals surface area contributed by atoms with Crippen LogP contribution in [0.25, 0.3) is 0 Å². The van der Waals surface area contributed by atoms with Gasteiger partial charge in [0, 0.05) is 0 Å². The lowest BCUT2D eigenvalue weighted by atomic mass is 10.1. The van der Waals surface area contributed by atoms with Crippen molar-refractivity contribution in [1.82, 2.24) is 0 Å². The minimum Gasteiger partial charge on any atom is -0.393 e. The molecule has 0 radical (unpaired) electrons. The van der Waals surface area contributed by atoms with Crippen LogP contribution in [0.1, 0.15) is 26.2 Å². The van der Waals surface area contributed by atoms with Gasteiger partial charge in [-0.25, -0.2) is 0 Å². The summed E-state index contributed by atoms with van der Waals surface area (Å²) in [5.41, 5.74) is 1.06. The Morgan fingerprint density at radius 3 is 2.70 bits per heavy atom. The van der Waals surface area contributed by atoms with Crippen LogP contribution >= 0.6 is 0 Å². The first kappa shape index (κ1) is 9.44. The molecule has 1 atom stereocenters. The highest BCUT2D eigenvalue weighted by atomic mass is 16.3. The molecule has 0 aromatic heterocycles. The Hall–Kier alpha value is -0.560. The van der Waals surface area contributed by atoms with E-state index >= 15 is 0 Å². The quantitative estimate of drug-likeness (QED) is 0.581. The summed E-state index contributed by atoms with van der Waals surface area (Å²) in [4.78, 5) is 0. The fraction of sp³-hybridized carbons (Fsp3) is 0.556. The van der Waals surface area contributed by atoms with E-state index in [2.05, 4.69) is 13.2 Å². The van der Waals surface area contributed by atoms with Crippen molar-refractivity contribution in [2.24, 2.45) is 0 Å². The van der Waals surface area contributed by atoms with Crippen LogP contribution in [0.3, 0.4) is 0 Å². The van der Waals surface area contributed by atoms with Crippen molar-refractivity contribution in [3.05, 3.63) is 24.8 Å². The van der Waals surface area contributed by atoms with Crippen molar-refractivity contribution in [3.8, 4) is 0 Å². The first-order valence-corrected chi connectivity index (χ1v) is 3.65. The van der Waals surface area contributed by atoms with E-state index in [-0.39, 0.29) is 6.10 Å². The predicted octanol–water partition coefficient (Wildman–Crippen LogP) is 2.28. The Labute approximate surface area is 63.1 Å². The molecule has 0 aliphatic carbocycles.